The molecule has 0 bridgehead atoms. The fraction of sp³-hybridized carbons (Fsp3) is 0.929. The van der Waals surface area contributed by atoms with E-state index in [9.17, 15) is 4.79 Å². The number of nitrogens with one attached hydrogen (secondary N) is 1. The van der Waals surface area contributed by atoms with E-state index in [0.29, 0.717) is 11.3 Å². The van der Waals surface area contributed by atoms with Crippen molar-refractivity contribution in [1.82, 2.24) is 10.2 Å². The molecule has 3 nitrogen and oxygen atoms in total. The lowest BCUT2D eigenvalue weighted by Crippen LogP contribution is -2.38. The predicted molar refractivity (Wildman–Crippen MR) is 69.8 cm³/mol. The third-order valence-corrected chi connectivity index (χ3v) is 4.28. The van der Waals surface area contributed by atoms with Crippen LogP contribution in [-0.2, 0) is 4.79 Å². The van der Waals surface area contributed by atoms with E-state index in [1.54, 1.807) is 0 Å². The van der Waals surface area contributed by atoms with Crippen molar-refractivity contribution < 1.29 is 4.79 Å². The van der Waals surface area contributed by atoms with Crippen LogP contribution < -0.4 is 5.32 Å². The van der Waals surface area contributed by atoms with Crippen molar-refractivity contribution in [2.45, 2.75) is 46.0 Å². The van der Waals surface area contributed by atoms with Gasteiger partial charge in [0.15, 0.2) is 0 Å². The van der Waals surface area contributed by atoms with Crippen molar-refractivity contribution >= 4 is 5.91 Å². The molecule has 98 valence electrons. The van der Waals surface area contributed by atoms with Gasteiger partial charge in [0.1, 0.15) is 0 Å². The van der Waals surface area contributed by atoms with E-state index in [-0.39, 0.29) is 0 Å². The van der Waals surface area contributed by atoms with E-state index >= 15 is 0 Å². The van der Waals surface area contributed by atoms with Gasteiger partial charge in [-0.3, -0.25) is 4.79 Å². The lowest BCUT2D eigenvalue weighted by Gasteiger charge is -2.33. The smallest absolute Gasteiger partial charge is 0.223 e. The minimum atomic E-state index is 0.320. The first-order chi connectivity index (χ1) is 8.11. The highest BCUT2D eigenvalue weighted by Crippen LogP contribution is 2.39. The Morgan fingerprint density at radius 1 is 1.35 bits per heavy atom. The molecule has 0 radical (unpaired) electrons. The number of hydrogen-bond donors (Lipinski definition) is 1. The molecule has 0 aromatic heterocycles. The van der Waals surface area contributed by atoms with E-state index in [1.165, 1.54) is 19.3 Å². The Labute approximate surface area is 105 Å². The summed E-state index contributed by atoms with van der Waals surface area (Å²) < 4.78 is 0. The fourth-order valence-electron chi connectivity index (χ4n) is 3.17. The first-order valence-corrected chi connectivity index (χ1v) is 7.10. The summed E-state index contributed by atoms with van der Waals surface area (Å²) in [6.45, 7) is 8.68. The molecule has 17 heavy (non-hydrogen) atoms. The maximum Gasteiger partial charge on any atom is 0.223 e. The molecule has 2 heterocycles. The highest BCUT2D eigenvalue weighted by atomic mass is 16.2. The Morgan fingerprint density at radius 3 is 2.71 bits per heavy atom. The van der Waals surface area contributed by atoms with E-state index < -0.39 is 0 Å². The van der Waals surface area contributed by atoms with Crippen LogP contribution in [0.25, 0.3) is 0 Å². The summed E-state index contributed by atoms with van der Waals surface area (Å²) in [5.74, 6) is 1.15. The van der Waals surface area contributed by atoms with Gasteiger partial charge in [-0.25, -0.2) is 0 Å². The maximum absolute atomic E-state index is 12.0. The summed E-state index contributed by atoms with van der Waals surface area (Å²) in [6.07, 6.45) is 5.56. The van der Waals surface area contributed by atoms with Gasteiger partial charge in [-0.15, -0.1) is 0 Å². The normalized spacial score (nSPS) is 23.9. The molecular weight excluding hydrogens is 212 g/mol. The van der Waals surface area contributed by atoms with Gasteiger partial charge >= 0.3 is 0 Å². The standard InChI is InChI=1S/C14H26N2O/c1-12(2)4-3-9-16-11-14(10-13(16)17)5-7-15-8-6-14/h12,15H,3-11H2,1-2H3. The van der Waals surface area contributed by atoms with E-state index in [0.717, 1.165) is 44.9 Å². The molecule has 2 rings (SSSR count). The number of likely N-dealkylation sites (tertiary alicyclic amines) is 1. The number of piperidine rings is 1. The second-order valence-electron chi connectivity index (χ2n) is 6.28. The molecular formula is C14H26N2O. The van der Waals surface area contributed by atoms with E-state index in [2.05, 4.69) is 24.1 Å². The predicted octanol–water partition coefficient (Wildman–Crippen LogP) is 2.02. The van der Waals surface area contributed by atoms with Gasteiger partial charge < -0.3 is 10.2 Å². The number of carbonyl (C=O) groups excluding carboxylic acids is 1. The molecule has 2 aliphatic rings. The molecule has 0 atom stereocenters. The van der Waals surface area contributed by atoms with Crippen LogP contribution in [0.1, 0.15) is 46.0 Å². The van der Waals surface area contributed by atoms with Gasteiger partial charge in [-0.1, -0.05) is 13.8 Å². The molecule has 2 fully saturated rings. The lowest BCUT2D eigenvalue weighted by atomic mass is 9.78. The largest absolute Gasteiger partial charge is 0.342 e. The minimum absolute atomic E-state index is 0.320. The minimum Gasteiger partial charge on any atom is -0.342 e. The highest BCUT2D eigenvalue weighted by Gasteiger charge is 2.43. The molecule has 1 N–H and O–H groups in total. The SMILES string of the molecule is CC(C)CCCN1CC2(CCNCC2)CC1=O. The number of hydrogen-bond acceptors (Lipinski definition) is 2. The Kier molecular flexibility index (Phi) is 4.08. The van der Waals surface area contributed by atoms with Gasteiger partial charge in [-0.05, 0) is 50.1 Å². The van der Waals surface area contributed by atoms with Crippen LogP contribution in [0.15, 0.2) is 0 Å². The summed E-state index contributed by atoms with van der Waals surface area (Å²) >= 11 is 0. The number of amides is 1. The van der Waals surface area contributed by atoms with Crippen LogP contribution >= 0.6 is 0 Å². The average molecular weight is 238 g/mol. The molecule has 2 aliphatic heterocycles. The lowest BCUT2D eigenvalue weighted by molar-refractivity contribution is -0.127. The first-order valence-electron chi connectivity index (χ1n) is 7.10. The Hall–Kier alpha value is -0.570. The third kappa shape index (κ3) is 3.21. The second-order valence-corrected chi connectivity index (χ2v) is 6.28. The summed E-state index contributed by atoms with van der Waals surface area (Å²) in [5.41, 5.74) is 0.320. The maximum atomic E-state index is 12.0. The average Bonchev–Trinajstić information content (AvgIpc) is 2.56. The zero-order valence-electron chi connectivity index (χ0n) is 11.3. The van der Waals surface area contributed by atoms with Gasteiger partial charge in [0, 0.05) is 19.5 Å². The summed E-state index contributed by atoms with van der Waals surface area (Å²) in [6, 6.07) is 0. The Morgan fingerprint density at radius 2 is 2.06 bits per heavy atom. The quantitative estimate of drug-likeness (QED) is 0.812. The van der Waals surface area contributed by atoms with Gasteiger partial charge in [0.2, 0.25) is 5.91 Å². The molecule has 0 aromatic rings. The Balaban J connectivity index is 1.82. The summed E-state index contributed by atoms with van der Waals surface area (Å²) in [5, 5.41) is 3.39. The van der Waals surface area contributed by atoms with E-state index in [1.807, 2.05) is 0 Å². The molecule has 0 saturated carbocycles. The summed E-state index contributed by atoms with van der Waals surface area (Å²) in [7, 11) is 0. The molecule has 0 aromatic carbocycles. The highest BCUT2D eigenvalue weighted by molar-refractivity contribution is 5.79. The number of nitrogens with zero attached hydrogens (tertiary/aromatic N) is 1. The van der Waals surface area contributed by atoms with Crippen LogP contribution in [0.2, 0.25) is 0 Å². The first kappa shape index (κ1) is 12.9. The van der Waals surface area contributed by atoms with Crippen molar-refractivity contribution in [2.75, 3.05) is 26.2 Å². The van der Waals surface area contributed by atoms with Crippen molar-refractivity contribution in [3.63, 3.8) is 0 Å². The topological polar surface area (TPSA) is 32.3 Å². The Bertz CT molecular complexity index is 269. The molecule has 3 heteroatoms. The molecule has 2 saturated heterocycles. The molecule has 0 aliphatic carbocycles. The zero-order valence-corrected chi connectivity index (χ0v) is 11.3. The van der Waals surface area contributed by atoms with Crippen LogP contribution in [0.5, 0.6) is 0 Å². The van der Waals surface area contributed by atoms with Crippen LogP contribution in [0, 0.1) is 11.3 Å². The summed E-state index contributed by atoms with van der Waals surface area (Å²) in [4.78, 5) is 14.1. The van der Waals surface area contributed by atoms with Gasteiger partial charge in [0.25, 0.3) is 0 Å². The number of rotatable bonds is 4. The molecule has 0 unspecified atom stereocenters. The van der Waals surface area contributed by atoms with Crippen LogP contribution in [0.3, 0.4) is 0 Å². The second kappa shape index (κ2) is 5.38. The van der Waals surface area contributed by atoms with Gasteiger partial charge in [-0.2, -0.15) is 0 Å². The fourth-order valence-corrected chi connectivity index (χ4v) is 3.17. The molecule has 1 amide bonds. The van der Waals surface area contributed by atoms with Crippen molar-refractivity contribution in [3.05, 3.63) is 0 Å². The molecule has 1 spiro atoms. The van der Waals surface area contributed by atoms with Crippen LogP contribution in [-0.4, -0.2) is 37.0 Å². The van der Waals surface area contributed by atoms with E-state index in [4.69, 9.17) is 0 Å². The third-order valence-electron chi connectivity index (χ3n) is 4.28. The number of carbonyl (C=O) groups is 1. The monoisotopic (exact) mass is 238 g/mol. The zero-order chi connectivity index (χ0) is 12.3. The van der Waals surface area contributed by atoms with Crippen LogP contribution in [0.4, 0.5) is 0 Å². The van der Waals surface area contributed by atoms with Crippen molar-refractivity contribution in [3.8, 4) is 0 Å². The van der Waals surface area contributed by atoms with Crippen molar-refractivity contribution in [1.29, 1.82) is 0 Å². The van der Waals surface area contributed by atoms with Crippen molar-refractivity contribution in [2.24, 2.45) is 11.3 Å². The van der Waals surface area contributed by atoms with Gasteiger partial charge in [0.05, 0.1) is 0 Å².